The lowest BCUT2D eigenvalue weighted by atomic mass is 9.93. The number of hydrogen-bond acceptors (Lipinski definition) is 3. The van der Waals surface area contributed by atoms with Gasteiger partial charge in [-0.2, -0.15) is 0 Å². The third kappa shape index (κ3) is 4.40. The van der Waals surface area contributed by atoms with Crippen LogP contribution in [0.25, 0.3) is 0 Å². The Morgan fingerprint density at radius 3 is 2.80 bits per heavy atom. The summed E-state index contributed by atoms with van der Waals surface area (Å²) < 4.78 is 5.50. The smallest absolute Gasteiger partial charge is 0.317 e. The van der Waals surface area contributed by atoms with Gasteiger partial charge in [-0.15, -0.1) is 0 Å². The minimum absolute atomic E-state index is 0.0614. The van der Waals surface area contributed by atoms with E-state index in [9.17, 15) is 4.79 Å². The normalized spacial score (nSPS) is 18.5. The Bertz CT molecular complexity index is 896. The summed E-state index contributed by atoms with van der Waals surface area (Å²) in [5.41, 5.74) is 5.17. The standard InChI is InChI=1S/C25H33N3O2/c1-18(2)21-9-8-20-11-13-28(17-22(20)14-21)25(29)26-15-19-10-12-27(16-19)23-6-4-5-7-24(23)30-3/h4-9,14,18-19H,10-13,15-17H2,1-3H3,(H,26,29). The molecule has 2 amide bonds. The summed E-state index contributed by atoms with van der Waals surface area (Å²) in [6, 6.07) is 15.0. The van der Waals surface area contributed by atoms with Gasteiger partial charge in [-0.25, -0.2) is 4.79 Å². The molecular formula is C25H33N3O2. The molecule has 4 rings (SSSR count). The molecule has 0 aromatic heterocycles. The van der Waals surface area contributed by atoms with Crippen molar-refractivity contribution in [3.05, 3.63) is 59.2 Å². The van der Waals surface area contributed by atoms with Gasteiger partial charge in [0.15, 0.2) is 0 Å². The molecule has 0 radical (unpaired) electrons. The Morgan fingerprint density at radius 2 is 2.00 bits per heavy atom. The minimum Gasteiger partial charge on any atom is -0.495 e. The van der Waals surface area contributed by atoms with Crippen molar-refractivity contribution in [2.75, 3.05) is 38.2 Å². The molecule has 30 heavy (non-hydrogen) atoms. The average molecular weight is 408 g/mol. The van der Waals surface area contributed by atoms with Crippen LogP contribution in [0, 0.1) is 5.92 Å². The van der Waals surface area contributed by atoms with Gasteiger partial charge < -0.3 is 19.9 Å². The van der Waals surface area contributed by atoms with Crippen molar-refractivity contribution in [2.24, 2.45) is 5.92 Å². The molecule has 0 aliphatic carbocycles. The van der Waals surface area contributed by atoms with Gasteiger partial charge >= 0.3 is 6.03 Å². The van der Waals surface area contributed by atoms with E-state index in [1.165, 1.54) is 16.7 Å². The van der Waals surface area contributed by atoms with Gasteiger partial charge in [0.1, 0.15) is 5.75 Å². The molecule has 1 N–H and O–H groups in total. The molecule has 1 fully saturated rings. The van der Waals surface area contributed by atoms with E-state index in [4.69, 9.17) is 4.74 Å². The maximum Gasteiger partial charge on any atom is 0.317 e. The Balaban J connectivity index is 1.31. The summed E-state index contributed by atoms with van der Waals surface area (Å²) in [4.78, 5) is 17.1. The van der Waals surface area contributed by atoms with Gasteiger partial charge in [0.25, 0.3) is 0 Å². The van der Waals surface area contributed by atoms with Gasteiger partial charge in [0.05, 0.1) is 12.8 Å². The molecule has 2 aromatic carbocycles. The number of amides is 2. The van der Waals surface area contributed by atoms with Crippen LogP contribution >= 0.6 is 0 Å². The third-order valence-corrected chi connectivity index (χ3v) is 6.45. The number of carbonyl (C=O) groups is 1. The highest BCUT2D eigenvalue weighted by Crippen LogP contribution is 2.32. The summed E-state index contributed by atoms with van der Waals surface area (Å²) in [5, 5.41) is 3.19. The highest BCUT2D eigenvalue weighted by molar-refractivity contribution is 5.74. The van der Waals surface area contributed by atoms with Crippen LogP contribution in [0.3, 0.4) is 0 Å². The van der Waals surface area contributed by atoms with Crippen LogP contribution in [-0.2, 0) is 13.0 Å². The first-order chi connectivity index (χ1) is 14.5. The summed E-state index contributed by atoms with van der Waals surface area (Å²) in [6.45, 7) is 8.59. The van der Waals surface area contributed by atoms with Crippen LogP contribution in [0.5, 0.6) is 5.75 Å². The summed E-state index contributed by atoms with van der Waals surface area (Å²) in [5.74, 6) is 1.88. The number of rotatable bonds is 5. The van der Waals surface area contributed by atoms with E-state index in [0.717, 1.165) is 50.5 Å². The molecule has 0 saturated carbocycles. The van der Waals surface area contributed by atoms with E-state index >= 15 is 0 Å². The first kappa shape index (κ1) is 20.6. The lowest BCUT2D eigenvalue weighted by Crippen LogP contribution is -2.44. The fourth-order valence-electron chi connectivity index (χ4n) is 4.56. The summed E-state index contributed by atoms with van der Waals surface area (Å²) >= 11 is 0. The second-order valence-electron chi connectivity index (χ2n) is 8.81. The third-order valence-electron chi connectivity index (χ3n) is 6.45. The highest BCUT2D eigenvalue weighted by Gasteiger charge is 2.26. The van der Waals surface area contributed by atoms with Crippen LogP contribution in [0.4, 0.5) is 10.5 Å². The van der Waals surface area contributed by atoms with E-state index in [1.54, 1.807) is 7.11 Å². The van der Waals surface area contributed by atoms with Crippen LogP contribution in [0.2, 0.25) is 0 Å². The number of methoxy groups -OCH3 is 1. The van der Waals surface area contributed by atoms with Crippen molar-refractivity contribution < 1.29 is 9.53 Å². The summed E-state index contributed by atoms with van der Waals surface area (Å²) in [6.07, 6.45) is 2.02. The van der Waals surface area contributed by atoms with Crippen molar-refractivity contribution in [3.8, 4) is 5.75 Å². The number of fused-ring (bicyclic) bond motifs is 1. The molecule has 1 atom stereocenters. The number of hydrogen-bond donors (Lipinski definition) is 1. The van der Waals surface area contributed by atoms with Crippen LogP contribution in [-0.4, -0.2) is 44.2 Å². The van der Waals surface area contributed by atoms with E-state index in [0.29, 0.717) is 18.4 Å². The van der Waals surface area contributed by atoms with Crippen LogP contribution in [0.15, 0.2) is 42.5 Å². The zero-order valence-corrected chi connectivity index (χ0v) is 18.4. The predicted molar refractivity (Wildman–Crippen MR) is 121 cm³/mol. The molecule has 5 nitrogen and oxygen atoms in total. The predicted octanol–water partition coefficient (Wildman–Crippen LogP) is 4.41. The number of nitrogens with one attached hydrogen (secondary N) is 1. The SMILES string of the molecule is COc1ccccc1N1CCC(CNC(=O)N2CCc3ccc(C(C)C)cc3C2)C1. The fraction of sp³-hybridized carbons (Fsp3) is 0.480. The zero-order chi connectivity index (χ0) is 21.1. The molecule has 160 valence electrons. The van der Waals surface area contributed by atoms with Gasteiger partial charge in [0, 0.05) is 32.7 Å². The number of para-hydroxylation sites is 2. The topological polar surface area (TPSA) is 44.8 Å². The van der Waals surface area contributed by atoms with E-state index in [2.05, 4.69) is 48.3 Å². The molecule has 2 aliphatic rings. The maximum atomic E-state index is 12.8. The lowest BCUT2D eigenvalue weighted by Gasteiger charge is -2.30. The second kappa shape index (κ2) is 8.99. The molecule has 2 heterocycles. The summed E-state index contributed by atoms with van der Waals surface area (Å²) in [7, 11) is 1.72. The monoisotopic (exact) mass is 407 g/mol. The fourth-order valence-corrected chi connectivity index (χ4v) is 4.56. The quantitative estimate of drug-likeness (QED) is 0.798. The second-order valence-corrected chi connectivity index (χ2v) is 8.81. The average Bonchev–Trinajstić information content (AvgIpc) is 3.25. The first-order valence-electron chi connectivity index (χ1n) is 11.1. The van der Waals surface area contributed by atoms with Gasteiger partial charge in [-0.05, 0) is 53.5 Å². The number of nitrogens with zero attached hydrogens (tertiary/aromatic N) is 2. The first-order valence-corrected chi connectivity index (χ1v) is 11.1. The van der Waals surface area contributed by atoms with Crippen molar-refractivity contribution in [1.29, 1.82) is 0 Å². The van der Waals surface area contributed by atoms with E-state index in [1.807, 2.05) is 23.1 Å². The van der Waals surface area contributed by atoms with Gasteiger partial charge in [0.2, 0.25) is 0 Å². The van der Waals surface area contributed by atoms with E-state index < -0.39 is 0 Å². The Morgan fingerprint density at radius 1 is 1.17 bits per heavy atom. The van der Waals surface area contributed by atoms with Crippen molar-refractivity contribution >= 4 is 11.7 Å². The highest BCUT2D eigenvalue weighted by atomic mass is 16.5. The number of urea groups is 1. The van der Waals surface area contributed by atoms with Crippen molar-refractivity contribution in [3.63, 3.8) is 0 Å². The number of carbonyl (C=O) groups excluding carboxylic acids is 1. The molecular weight excluding hydrogens is 374 g/mol. The maximum absolute atomic E-state index is 12.8. The van der Waals surface area contributed by atoms with E-state index in [-0.39, 0.29) is 6.03 Å². The number of benzene rings is 2. The number of ether oxygens (including phenoxy) is 1. The Kier molecular flexibility index (Phi) is 6.16. The molecule has 0 spiro atoms. The van der Waals surface area contributed by atoms with Crippen LogP contribution in [0.1, 0.15) is 42.9 Å². The van der Waals surface area contributed by atoms with Crippen molar-refractivity contribution in [2.45, 2.75) is 39.2 Å². The van der Waals surface area contributed by atoms with Gasteiger partial charge in [-0.3, -0.25) is 0 Å². The zero-order valence-electron chi connectivity index (χ0n) is 18.4. The molecule has 5 heteroatoms. The van der Waals surface area contributed by atoms with Crippen molar-refractivity contribution in [1.82, 2.24) is 10.2 Å². The lowest BCUT2D eigenvalue weighted by molar-refractivity contribution is 0.191. The van der Waals surface area contributed by atoms with Crippen LogP contribution < -0.4 is 15.0 Å². The minimum atomic E-state index is 0.0614. The Hall–Kier alpha value is -2.69. The molecule has 2 aliphatic heterocycles. The largest absolute Gasteiger partial charge is 0.495 e. The molecule has 2 aromatic rings. The Labute approximate surface area is 180 Å². The molecule has 0 bridgehead atoms. The van der Waals surface area contributed by atoms with Gasteiger partial charge in [-0.1, -0.05) is 44.2 Å². The molecule has 1 saturated heterocycles. The number of anilines is 1. The molecule has 1 unspecified atom stereocenters.